The number of hydrogen-bond donors (Lipinski definition) is 1. The molecule has 23 heavy (non-hydrogen) atoms. The Morgan fingerprint density at radius 3 is 2.78 bits per heavy atom. The zero-order valence-corrected chi connectivity index (χ0v) is 14.3. The average Bonchev–Trinajstić information content (AvgIpc) is 2.61. The molecule has 0 saturated carbocycles. The van der Waals surface area contributed by atoms with Crippen LogP contribution in [0.25, 0.3) is 0 Å². The molecule has 0 aliphatic carbocycles. The predicted molar refractivity (Wildman–Crippen MR) is 94.9 cm³/mol. The van der Waals surface area contributed by atoms with Crippen LogP contribution in [0.5, 0.6) is 5.75 Å². The van der Waals surface area contributed by atoms with Crippen molar-refractivity contribution in [1.29, 1.82) is 0 Å². The molecule has 3 rings (SSSR count). The van der Waals surface area contributed by atoms with Gasteiger partial charge < -0.3 is 19.9 Å². The molecule has 124 valence electrons. The zero-order valence-electron chi connectivity index (χ0n) is 13.5. The van der Waals surface area contributed by atoms with Crippen molar-refractivity contribution in [1.82, 2.24) is 10.2 Å². The Bertz CT molecular complexity index is 587. The SMILES string of the molecule is CCNC(=S)N1C[C@@H](C(=O)N2CCCCC2)Oc2ccccc21. The molecule has 6 heteroatoms. The molecule has 5 nitrogen and oxygen atoms in total. The summed E-state index contributed by atoms with van der Waals surface area (Å²) in [5.74, 6) is 0.790. The van der Waals surface area contributed by atoms with Crippen molar-refractivity contribution >= 4 is 28.9 Å². The molecular formula is C17H23N3O2S. The third-order valence-corrected chi connectivity index (χ3v) is 4.65. The van der Waals surface area contributed by atoms with E-state index in [0.717, 1.165) is 43.9 Å². The topological polar surface area (TPSA) is 44.8 Å². The summed E-state index contributed by atoms with van der Waals surface area (Å²) in [6.07, 6.45) is 2.86. The van der Waals surface area contributed by atoms with Gasteiger partial charge in [-0.05, 0) is 50.5 Å². The van der Waals surface area contributed by atoms with Gasteiger partial charge in [0.2, 0.25) is 0 Å². The van der Waals surface area contributed by atoms with E-state index in [4.69, 9.17) is 17.0 Å². The number of fused-ring (bicyclic) bond motifs is 1. The fraction of sp³-hybridized carbons (Fsp3) is 0.529. The van der Waals surface area contributed by atoms with Gasteiger partial charge in [-0.2, -0.15) is 0 Å². The largest absolute Gasteiger partial charge is 0.476 e. The lowest BCUT2D eigenvalue weighted by Gasteiger charge is -2.38. The summed E-state index contributed by atoms with van der Waals surface area (Å²) in [6, 6.07) is 7.74. The molecule has 2 heterocycles. The molecule has 1 aromatic carbocycles. The second-order valence-corrected chi connectivity index (χ2v) is 6.29. The van der Waals surface area contributed by atoms with Gasteiger partial charge >= 0.3 is 0 Å². The average molecular weight is 333 g/mol. The highest BCUT2D eigenvalue weighted by atomic mass is 32.1. The number of anilines is 1. The number of piperidine rings is 1. The summed E-state index contributed by atoms with van der Waals surface area (Å²) >= 11 is 5.48. The van der Waals surface area contributed by atoms with Crippen LogP contribution in [0.4, 0.5) is 5.69 Å². The Hall–Kier alpha value is -1.82. The van der Waals surface area contributed by atoms with Gasteiger partial charge in [0.1, 0.15) is 5.75 Å². The highest BCUT2D eigenvalue weighted by Crippen LogP contribution is 2.33. The summed E-state index contributed by atoms with van der Waals surface area (Å²) in [6.45, 7) is 4.88. The van der Waals surface area contributed by atoms with Gasteiger partial charge in [0.25, 0.3) is 5.91 Å². The van der Waals surface area contributed by atoms with E-state index in [9.17, 15) is 4.79 Å². The first-order valence-corrected chi connectivity index (χ1v) is 8.71. The Balaban J connectivity index is 1.81. The molecule has 0 radical (unpaired) electrons. The van der Waals surface area contributed by atoms with E-state index in [1.54, 1.807) is 0 Å². The summed E-state index contributed by atoms with van der Waals surface area (Å²) in [7, 11) is 0. The van der Waals surface area contributed by atoms with Gasteiger partial charge in [0.05, 0.1) is 12.2 Å². The first-order valence-electron chi connectivity index (χ1n) is 8.30. The minimum absolute atomic E-state index is 0.0727. The molecule has 0 spiro atoms. The van der Waals surface area contributed by atoms with Crippen molar-refractivity contribution in [3.8, 4) is 5.75 Å². The first kappa shape index (κ1) is 16.1. The summed E-state index contributed by atoms with van der Waals surface area (Å²) in [5.41, 5.74) is 0.918. The third-order valence-electron chi connectivity index (χ3n) is 4.29. The Kier molecular flexibility index (Phi) is 5.00. The number of benzene rings is 1. The lowest BCUT2D eigenvalue weighted by molar-refractivity contribution is -0.139. The van der Waals surface area contributed by atoms with Crippen LogP contribution in [0, 0.1) is 0 Å². The second kappa shape index (κ2) is 7.17. The minimum Gasteiger partial charge on any atom is -0.476 e. The van der Waals surface area contributed by atoms with Crippen LogP contribution >= 0.6 is 12.2 Å². The number of para-hydroxylation sites is 2. The fourth-order valence-corrected chi connectivity index (χ4v) is 3.44. The molecule has 1 N–H and O–H groups in total. The van der Waals surface area contributed by atoms with E-state index in [0.29, 0.717) is 11.7 Å². The molecule has 1 saturated heterocycles. The molecule has 0 aromatic heterocycles. The number of likely N-dealkylation sites (tertiary alicyclic amines) is 1. The van der Waals surface area contributed by atoms with Crippen LogP contribution in [0.1, 0.15) is 26.2 Å². The van der Waals surface area contributed by atoms with Crippen molar-refractivity contribution in [2.75, 3.05) is 31.1 Å². The Labute approximate surface area is 142 Å². The van der Waals surface area contributed by atoms with Gasteiger partial charge in [-0.25, -0.2) is 0 Å². The molecule has 1 fully saturated rings. The van der Waals surface area contributed by atoms with Gasteiger partial charge in [-0.1, -0.05) is 12.1 Å². The van der Waals surface area contributed by atoms with Crippen LogP contribution in [0.3, 0.4) is 0 Å². The van der Waals surface area contributed by atoms with Crippen molar-refractivity contribution in [2.24, 2.45) is 0 Å². The van der Waals surface area contributed by atoms with E-state index < -0.39 is 6.10 Å². The lowest BCUT2D eigenvalue weighted by Crippen LogP contribution is -2.54. The van der Waals surface area contributed by atoms with Crippen LogP contribution in [0.15, 0.2) is 24.3 Å². The molecule has 1 atom stereocenters. The molecule has 1 amide bonds. The van der Waals surface area contributed by atoms with Crippen molar-refractivity contribution < 1.29 is 9.53 Å². The van der Waals surface area contributed by atoms with Gasteiger partial charge in [0, 0.05) is 19.6 Å². The van der Waals surface area contributed by atoms with E-state index in [-0.39, 0.29) is 5.91 Å². The number of carbonyl (C=O) groups is 1. The normalized spacial score (nSPS) is 20.5. The smallest absolute Gasteiger partial charge is 0.265 e. The monoisotopic (exact) mass is 333 g/mol. The van der Waals surface area contributed by atoms with Crippen molar-refractivity contribution in [3.05, 3.63) is 24.3 Å². The number of ether oxygens (including phenoxy) is 1. The zero-order chi connectivity index (χ0) is 16.2. The maximum Gasteiger partial charge on any atom is 0.265 e. The number of thiocarbonyl (C=S) groups is 1. The number of hydrogen-bond acceptors (Lipinski definition) is 3. The number of carbonyl (C=O) groups excluding carboxylic acids is 1. The molecule has 2 aliphatic heterocycles. The summed E-state index contributed by atoms with van der Waals surface area (Å²) in [5, 5.41) is 3.81. The van der Waals surface area contributed by atoms with Crippen LogP contribution in [-0.2, 0) is 4.79 Å². The van der Waals surface area contributed by atoms with Gasteiger partial charge in [-0.15, -0.1) is 0 Å². The van der Waals surface area contributed by atoms with E-state index in [2.05, 4.69) is 5.32 Å². The predicted octanol–water partition coefficient (Wildman–Crippen LogP) is 2.16. The number of nitrogens with one attached hydrogen (secondary N) is 1. The molecule has 0 bridgehead atoms. The summed E-state index contributed by atoms with van der Waals surface area (Å²) in [4.78, 5) is 16.7. The number of amides is 1. The number of nitrogens with zero attached hydrogens (tertiary/aromatic N) is 2. The van der Waals surface area contributed by atoms with E-state index in [1.165, 1.54) is 6.42 Å². The Morgan fingerprint density at radius 1 is 1.30 bits per heavy atom. The Morgan fingerprint density at radius 2 is 2.04 bits per heavy atom. The van der Waals surface area contributed by atoms with Crippen LogP contribution in [0.2, 0.25) is 0 Å². The highest BCUT2D eigenvalue weighted by molar-refractivity contribution is 7.80. The minimum atomic E-state index is -0.500. The number of rotatable bonds is 2. The molecule has 1 aromatic rings. The highest BCUT2D eigenvalue weighted by Gasteiger charge is 2.35. The van der Waals surface area contributed by atoms with Crippen molar-refractivity contribution in [2.45, 2.75) is 32.3 Å². The van der Waals surface area contributed by atoms with Gasteiger partial charge in [-0.3, -0.25) is 4.79 Å². The molecule has 0 unspecified atom stereocenters. The quantitative estimate of drug-likeness (QED) is 0.841. The van der Waals surface area contributed by atoms with Crippen LogP contribution in [-0.4, -0.2) is 48.2 Å². The second-order valence-electron chi connectivity index (χ2n) is 5.91. The fourth-order valence-electron chi connectivity index (χ4n) is 3.12. The maximum atomic E-state index is 12.8. The lowest BCUT2D eigenvalue weighted by atomic mass is 10.1. The van der Waals surface area contributed by atoms with E-state index in [1.807, 2.05) is 41.0 Å². The van der Waals surface area contributed by atoms with Crippen molar-refractivity contribution in [3.63, 3.8) is 0 Å². The molecular weight excluding hydrogens is 310 g/mol. The van der Waals surface area contributed by atoms with Crippen LogP contribution < -0.4 is 15.0 Å². The molecule has 2 aliphatic rings. The standard InChI is InChI=1S/C17H23N3O2S/c1-2-18-17(23)20-12-15(16(21)19-10-6-3-7-11-19)22-14-9-5-4-8-13(14)20/h4-5,8-9,15H,2-3,6-7,10-12H2,1H3,(H,18,23)/t15-/m0/s1. The first-order chi connectivity index (χ1) is 11.2. The van der Waals surface area contributed by atoms with E-state index >= 15 is 0 Å². The van der Waals surface area contributed by atoms with Gasteiger partial charge in [0.15, 0.2) is 11.2 Å². The maximum absolute atomic E-state index is 12.8. The third kappa shape index (κ3) is 3.42. The summed E-state index contributed by atoms with van der Waals surface area (Å²) < 4.78 is 5.99.